The zero-order valence-electron chi connectivity index (χ0n) is 15.1. The lowest BCUT2D eigenvalue weighted by molar-refractivity contribution is 0.558. The maximum absolute atomic E-state index is 13.1. The van der Waals surface area contributed by atoms with Gasteiger partial charge in [-0.25, -0.2) is 18.0 Å². The summed E-state index contributed by atoms with van der Waals surface area (Å²) in [7, 11) is -1.06. The van der Waals surface area contributed by atoms with Crippen molar-refractivity contribution in [2.24, 2.45) is 0 Å². The van der Waals surface area contributed by atoms with Crippen LogP contribution in [0, 0.1) is 5.82 Å². The quantitative estimate of drug-likeness (QED) is 0.701. The predicted octanol–water partition coefficient (Wildman–Crippen LogP) is 4.54. The fourth-order valence-electron chi connectivity index (χ4n) is 2.38. The first-order chi connectivity index (χ1) is 11.7. The van der Waals surface area contributed by atoms with Crippen molar-refractivity contribution >= 4 is 26.9 Å². The number of nitrogens with one attached hydrogen (secondary N) is 1. The Labute approximate surface area is 159 Å². The summed E-state index contributed by atoms with van der Waals surface area (Å²) in [6.45, 7) is 7.93. The number of hydrogen-bond acceptors (Lipinski definition) is 2. The van der Waals surface area contributed by atoms with Gasteiger partial charge < -0.3 is 0 Å². The highest BCUT2D eigenvalue weighted by Gasteiger charge is 2.21. The fraction of sp³-hybridized carbons (Fsp3) is 0.500. The second-order valence-corrected chi connectivity index (χ2v) is 9.97. The van der Waals surface area contributed by atoms with E-state index in [-0.39, 0.29) is 16.6 Å². The lowest BCUT2D eigenvalue weighted by Crippen LogP contribution is -2.38. The summed E-state index contributed by atoms with van der Waals surface area (Å²) in [4.78, 5) is 0. The Morgan fingerprint density at radius 3 is 2.56 bits per heavy atom. The molecule has 4 nitrogen and oxygen atoms in total. The van der Waals surface area contributed by atoms with E-state index in [2.05, 4.69) is 32.7 Å². The minimum atomic E-state index is -1.06. The van der Waals surface area contributed by atoms with Crippen LogP contribution in [0.4, 0.5) is 4.39 Å². The molecule has 0 spiro atoms. The number of aromatic nitrogens is 2. The molecular weight excluding hydrogens is 405 g/mol. The maximum atomic E-state index is 13.1. The van der Waals surface area contributed by atoms with Crippen LogP contribution >= 0.6 is 15.9 Å². The van der Waals surface area contributed by atoms with Crippen molar-refractivity contribution in [1.82, 2.24) is 14.5 Å². The minimum absolute atomic E-state index is 0.168. The van der Waals surface area contributed by atoms with Crippen molar-refractivity contribution in [1.29, 1.82) is 0 Å². The maximum Gasteiger partial charge on any atom is 0.123 e. The molecule has 2 aromatic rings. The third kappa shape index (κ3) is 5.72. The Hall–Kier alpha value is -1.05. The van der Waals surface area contributed by atoms with Gasteiger partial charge in [0, 0.05) is 6.04 Å². The summed E-state index contributed by atoms with van der Waals surface area (Å²) >= 11 is 3.54. The van der Waals surface area contributed by atoms with Crippen LogP contribution in [-0.2, 0) is 17.4 Å². The molecule has 0 saturated carbocycles. The molecule has 1 N–H and O–H groups in total. The number of halogens is 2. The molecule has 0 amide bonds. The zero-order chi connectivity index (χ0) is 18.6. The normalized spacial score (nSPS) is 14.5. The summed E-state index contributed by atoms with van der Waals surface area (Å²) in [6, 6.07) is 6.47. The molecule has 0 aliphatic carbocycles. The molecule has 1 aromatic carbocycles. The smallest absolute Gasteiger partial charge is 0.123 e. The third-order valence-corrected chi connectivity index (χ3v) is 6.20. The molecule has 2 atom stereocenters. The molecule has 0 saturated heterocycles. The van der Waals surface area contributed by atoms with Crippen LogP contribution in [0.1, 0.15) is 46.2 Å². The van der Waals surface area contributed by atoms with Crippen molar-refractivity contribution in [2.45, 2.75) is 57.7 Å². The van der Waals surface area contributed by atoms with Crippen molar-refractivity contribution in [3.8, 4) is 5.69 Å². The summed E-state index contributed by atoms with van der Waals surface area (Å²) in [6.07, 6.45) is 4.42. The molecular formula is C18H25BrFN3OS. The zero-order valence-corrected chi connectivity index (χ0v) is 17.5. The molecule has 7 heteroatoms. The van der Waals surface area contributed by atoms with Gasteiger partial charge >= 0.3 is 0 Å². The van der Waals surface area contributed by atoms with Crippen molar-refractivity contribution in [2.75, 3.05) is 0 Å². The van der Waals surface area contributed by atoms with E-state index in [4.69, 9.17) is 0 Å². The minimum Gasteiger partial charge on any atom is -0.242 e. The van der Waals surface area contributed by atoms with Crippen LogP contribution in [0.25, 0.3) is 5.69 Å². The highest BCUT2D eigenvalue weighted by molar-refractivity contribution is 9.10. The number of rotatable bonds is 7. The molecule has 0 aliphatic heterocycles. The van der Waals surface area contributed by atoms with E-state index in [9.17, 15) is 8.60 Å². The average Bonchev–Trinajstić information content (AvgIpc) is 2.88. The SMILES string of the molecule is CC(CCCc1c(Br)cnn1-c1ccc(F)cc1)NS(=O)C(C)(C)C. The third-order valence-electron chi connectivity index (χ3n) is 3.80. The van der Waals surface area contributed by atoms with Crippen LogP contribution in [0.3, 0.4) is 0 Å². The lowest BCUT2D eigenvalue weighted by Gasteiger charge is -2.22. The van der Waals surface area contributed by atoms with Crippen LogP contribution < -0.4 is 4.72 Å². The van der Waals surface area contributed by atoms with Crippen LogP contribution in [0.5, 0.6) is 0 Å². The number of benzene rings is 1. The lowest BCUT2D eigenvalue weighted by atomic mass is 10.1. The molecule has 1 heterocycles. The van der Waals surface area contributed by atoms with E-state index < -0.39 is 11.0 Å². The molecule has 2 unspecified atom stereocenters. The van der Waals surface area contributed by atoms with Gasteiger partial charge in [0.05, 0.1) is 37.8 Å². The van der Waals surface area contributed by atoms with Gasteiger partial charge in [0.1, 0.15) is 5.82 Å². The molecule has 0 bridgehead atoms. The second-order valence-electron chi connectivity index (χ2n) is 7.12. The van der Waals surface area contributed by atoms with Crippen LogP contribution in [0.15, 0.2) is 34.9 Å². The first kappa shape index (κ1) is 20.3. The van der Waals surface area contributed by atoms with E-state index in [1.54, 1.807) is 18.3 Å². The van der Waals surface area contributed by atoms with Gasteiger partial charge in [-0.2, -0.15) is 5.10 Å². The van der Waals surface area contributed by atoms with Crippen molar-refractivity contribution in [3.63, 3.8) is 0 Å². The van der Waals surface area contributed by atoms with E-state index in [0.717, 1.165) is 35.1 Å². The van der Waals surface area contributed by atoms with Crippen molar-refractivity contribution in [3.05, 3.63) is 46.4 Å². The van der Waals surface area contributed by atoms with Gasteiger partial charge in [0.25, 0.3) is 0 Å². The topological polar surface area (TPSA) is 46.9 Å². The molecule has 0 fully saturated rings. The van der Waals surface area contributed by atoms with Gasteiger partial charge in [0.2, 0.25) is 0 Å². The van der Waals surface area contributed by atoms with Crippen molar-refractivity contribution < 1.29 is 8.60 Å². The van der Waals surface area contributed by atoms with Gasteiger partial charge in [-0.3, -0.25) is 0 Å². The summed E-state index contributed by atoms with van der Waals surface area (Å²) in [5, 5.41) is 4.38. The largest absolute Gasteiger partial charge is 0.242 e. The molecule has 2 rings (SSSR count). The van der Waals surface area contributed by atoms with Gasteiger partial charge in [-0.15, -0.1) is 0 Å². The fourth-order valence-corrected chi connectivity index (χ4v) is 3.67. The second kappa shape index (κ2) is 8.56. The van der Waals surface area contributed by atoms with Crippen LogP contribution in [-0.4, -0.2) is 24.8 Å². The monoisotopic (exact) mass is 429 g/mol. The number of hydrogen-bond donors (Lipinski definition) is 1. The van der Waals surface area contributed by atoms with E-state index in [1.165, 1.54) is 12.1 Å². The molecule has 0 radical (unpaired) electrons. The molecule has 25 heavy (non-hydrogen) atoms. The van der Waals surface area contributed by atoms with Gasteiger partial charge in [-0.1, -0.05) is 0 Å². The number of nitrogens with zero attached hydrogens (tertiary/aromatic N) is 2. The van der Waals surface area contributed by atoms with Crippen LogP contribution in [0.2, 0.25) is 0 Å². The first-order valence-corrected chi connectivity index (χ1v) is 10.3. The first-order valence-electron chi connectivity index (χ1n) is 8.35. The van der Waals surface area contributed by atoms with E-state index >= 15 is 0 Å². The Morgan fingerprint density at radius 2 is 1.96 bits per heavy atom. The molecule has 138 valence electrons. The van der Waals surface area contributed by atoms with Gasteiger partial charge in [-0.05, 0) is 87.2 Å². The highest BCUT2D eigenvalue weighted by atomic mass is 79.9. The highest BCUT2D eigenvalue weighted by Crippen LogP contribution is 2.22. The summed E-state index contributed by atoms with van der Waals surface area (Å²) in [5.74, 6) is -0.261. The average molecular weight is 430 g/mol. The Kier molecular flexibility index (Phi) is 6.93. The Bertz CT molecular complexity index is 725. The Morgan fingerprint density at radius 1 is 1.32 bits per heavy atom. The molecule has 1 aromatic heterocycles. The standard InChI is InChI=1S/C18H25BrFN3OS/c1-13(22-25(24)18(2,3)4)6-5-7-17-16(19)12-21-23(17)15-10-8-14(20)9-11-15/h8-13,22H,5-7H2,1-4H3. The van der Waals surface area contributed by atoms with E-state index in [1.807, 2.05) is 25.5 Å². The molecule has 0 aliphatic rings. The predicted molar refractivity (Wildman–Crippen MR) is 105 cm³/mol. The summed E-state index contributed by atoms with van der Waals surface area (Å²) in [5.41, 5.74) is 1.89. The van der Waals surface area contributed by atoms with E-state index in [0.29, 0.717) is 0 Å². The summed E-state index contributed by atoms with van der Waals surface area (Å²) < 4.78 is 30.9. The Balaban J connectivity index is 1.96. The van der Waals surface area contributed by atoms with Gasteiger partial charge in [0.15, 0.2) is 0 Å².